The van der Waals surface area contributed by atoms with Gasteiger partial charge in [-0.1, -0.05) is 31.2 Å². The molecule has 0 radical (unpaired) electrons. The standard InChI is InChI=1S/C20H22N2O3/c1-2-20(24)22-11-10-15-8-9-17(12-16(15)13-22)21-19(23)14-25-18-6-4-3-5-7-18/h3-9,12H,2,10-11,13-14H2,1H3,(H,21,23). The largest absolute Gasteiger partial charge is 0.484 e. The average molecular weight is 338 g/mol. The smallest absolute Gasteiger partial charge is 0.262 e. The van der Waals surface area contributed by atoms with Crippen LogP contribution in [0.1, 0.15) is 24.5 Å². The zero-order valence-electron chi connectivity index (χ0n) is 14.3. The molecule has 1 N–H and O–H groups in total. The minimum absolute atomic E-state index is 0.0401. The Morgan fingerprint density at radius 1 is 1.12 bits per heavy atom. The first-order valence-corrected chi connectivity index (χ1v) is 8.53. The molecule has 1 heterocycles. The predicted octanol–water partition coefficient (Wildman–Crippen LogP) is 3.00. The van der Waals surface area contributed by atoms with Crippen LogP contribution in [-0.4, -0.2) is 29.9 Å². The summed E-state index contributed by atoms with van der Waals surface area (Å²) in [6, 6.07) is 15.1. The highest BCUT2D eigenvalue weighted by Gasteiger charge is 2.19. The first-order valence-electron chi connectivity index (χ1n) is 8.53. The molecule has 5 nitrogen and oxygen atoms in total. The highest BCUT2D eigenvalue weighted by Crippen LogP contribution is 2.23. The van der Waals surface area contributed by atoms with Gasteiger partial charge < -0.3 is 15.0 Å². The van der Waals surface area contributed by atoms with E-state index in [1.807, 2.05) is 60.4 Å². The molecule has 0 fully saturated rings. The van der Waals surface area contributed by atoms with E-state index in [9.17, 15) is 9.59 Å². The molecule has 2 amide bonds. The SMILES string of the molecule is CCC(=O)N1CCc2ccc(NC(=O)COc3ccccc3)cc2C1. The third kappa shape index (κ3) is 4.38. The Labute approximate surface area is 147 Å². The molecule has 2 aromatic rings. The minimum Gasteiger partial charge on any atom is -0.484 e. The number of anilines is 1. The van der Waals surface area contributed by atoms with Crippen LogP contribution < -0.4 is 10.1 Å². The van der Waals surface area contributed by atoms with Crippen LogP contribution in [0, 0.1) is 0 Å². The Morgan fingerprint density at radius 2 is 1.92 bits per heavy atom. The molecule has 5 heteroatoms. The van der Waals surface area contributed by atoms with Crippen LogP contribution in [-0.2, 0) is 22.6 Å². The number of nitrogens with one attached hydrogen (secondary N) is 1. The summed E-state index contributed by atoms with van der Waals surface area (Å²) in [6.45, 7) is 3.20. The third-order valence-corrected chi connectivity index (χ3v) is 4.27. The number of hydrogen-bond donors (Lipinski definition) is 1. The molecule has 1 aliphatic rings. The van der Waals surface area contributed by atoms with E-state index in [1.165, 1.54) is 5.56 Å². The lowest BCUT2D eigenvalue weighted by Gasteiger charge is -2.29. The summed E-state index contributed by atoms with van der Waals surface area (Å²) < 4.78 is 5.45. The first kappa shape index (κ1) is 17.0. The predicted molar refractivity (Wildman–Crippen MR) is 96.4 cm³/mol. The number of rotatable bonds is 5. The van der Waals surface area contributed by atoms with Crippen LogP contribution in [0.25, 0.3) is 0 Å². The van der Waals surface area contributed by atoms with Crippen molar-refractivity contribution >= 4 is 17.5 Å². The molecule has 0 saturated carbocycles. The summed E-state index contributed by atoms with van der Waals surface area (Å²) in [4.78, 5) is 25.8. The van der Waals surface area contributed by atoms with E-state index in [0.717, 1.165) is 24.2 Å². The third-order valence-electron chi connectivity index (χ3n) is 4.27. The summed E-state index contributed by atoms with van der Waals surface area (Å²) in [7, 11) is 0. The summed E-state index contributed by atoms with van der Waals surface area (Å²) in [5, 5.41) is 2.85. The quantitative estimate of drug-likeness (QED) is 0.912. The lowest BCUT2D eigenvalue weighted by Crippen LogP contribution is -2.35. The van der Waals surface area contributed by atoms with Gasteiger partial charge in [0, 0.05) is 25.2 Å². The number of para-hydroxylation sites is 1. The molecular formula is C20H22N2O3. The molecule has 0 unspecified atom stereocenters. The van der Waals surface area contributed by atoms with Crippen molar-refractivity contribution in [2.24, 2.45) is 0 Å². The normalized spacial score (nSPS) is 13.1. The van der Waals surface area contributed by atoms with Crippen LogP contribution in [0.2, 0.25) is 0 Å². The van der Waals surface area contributed by atoms with Gasteiger partial charge in [-0.3, -0.25) is 9.59 Å². The molecule has 0 atom stereocenters. The van der Waals surface area contributed by atoms with Gasteiger partial charge in [-0.25, -0.2) is 0 Å². The second-order valence-electron chi connectivity index (χ2n) is 6.05. The number of amides is 2. The fraction of sp³-hybridized carbons (Fsp3) is 0.300. The van der Waals surface area contributed by atoms with Crippen molar-refractivity contribution in [2.75, 3.05) is 18.5 Å². The Balaban J connectivity index is 1.60. The topological polar surface area (TPSA) is 58.6 Å². The monoisotopic (exact) mass is 338 g/mol. The van der Waals surface area contributed by atoms with Crippen LogP contribution >= 0.6 is 0 Å². The molecule has 0 saturated heterocycles. The van der Waals surface area contributed by atoms with Gasteiger partial charge in [0.2, 0.25) is 5.91 Å². The number of hydrogen-bond acceptors (Lipinski definition) is 3. The van der Waals surface area contributed by atoms with Crippen molar-refractivity contribution in [1.29, 1.82) is 0 Å². The Hall–Kier alpha value is -2.82. The van der Waals surface area contributed by atoms with Gasteiger partial charge in [0.15, 0.2) is 6.61 Å². The number of benzene rings is 2. The fourth-order valence-corrected chi connectivity index (χ4v) is 2.93. The van der Waals surface area contributed by atoms with Gasteiger partial charge in [0.05, 0.1) is 0 Å². The van der Waals surface area contributed by atoms with Gasteiger partial charge in [0.25, 0.3) is 5.91 Å². The molecule has 0 aromatic heterocycles. The molecule has 0 spiro atoms. The zero-order chi connectivity index (χ0) is 17.6. The van der Waals surface area contributed by atoms with Crippen molar-refractivity contribution in [1.82, 2.24) is 4.90 Å². The summed E-state index contributed by atoms with van der Waals surface area (Å²) in [5.41, 5.74) is 3.06. The molecule has 2 aromatic carbocycles. The maximum atomic E-state index is 12.1. The number of carbonyl (C=O) groups is 2. The highest BCUT2D eigenvalue weighted by atomic mass is 16.5. The summed E-state index contributed by atoms with van der Waals surface area (Å²) in [6.07, 6.45) is 1.37. The lowest BCUT2D eigenvalue weighted by molar-refractivity contribution is -0.131. The average Bonchev–Trinajstić information content (AvgIpc) is 2.66. The summed E-state index contributed by atoms with van der Waals surface area (Å²) in [5.74, 6) is 0.620. The van der Waals surface area contributed by atoms with Crippen LogP contribution in [0.5, 0.6) is 5.75 Å². The molecule has 3 rings (SSSR count). The minimum atomic E-state index is -0.207. The van der Waals surface area contributed by atoms with E-state index < -0.39 is 0 Å². The van der Waals surface area contributed by atoms with Gasteiger partial charge in [-0.05, 0) is 41.8 Å². The van der Waals surface area contributed by atoms with Crippen LogP contribution in [0.3, 0.4) is 0 Å². The van der Waals surface area contributed by atoms with E-state index in [-0.39, 0.29) is 18.4 Å². The van der Waals surface area contributed by atoms with Crippen molar-refractivity contribution in [3.63, 3.8) is 0 Å². The Morgan fingerprint density at radius 3 is 2.68 bits per heavy atom. The number of fused-ring (bicyclic) bond motifs is 1. The van der Waals surface area contributed by atoms with Crippen molar-refractivity contribution < 1.29 is 14.3 Å². The molecule has 1 aliphatic heterocycles. The number of nitrogens with zero attached hydrogens (tertiary/aromatic N) is 1. The van der Waals surface area contributed by atoms with Crippen LogP contribution in [0.4, 0.5) is 5.69 Å². The fourth-order valence-electron chi connectivity index (χ4n) is 2.93. The molecule has 0 bridgehead atoms. The Bertz CT molecular complexity index is 759. The molecule has 0 aliphatic carbocycles. The maximum absolute atomic E-state index is 12.1. The van der Waals surface area contributed by atoms with Crippen LogP contribution in [0.15, 0.2) is 48.5 Å². The van der Waals surface area contributed by atoms with E-state index in [0.29, 0.717) is 18.7 Å². The van der Waals surface area contributed by atoms with Crippen molar-refractivity contribution in [3.8, 4) is 5.75 Å². The van der Waals surface area contributed by atoms with Gasteiger partial charge >= 0.3 is 0 Å². The van der Waals surface area contributed by atoms with E-state index in [2.05, 4.69) is 5.32 Å². The lowest BCUT2D eigenvalue weighted by atomic mass is 9.99. The van der Waals surface area contributed by atoms with Gasteiger partial charge in [-0.15, -0.1) is 0 Å². The van der Waals surface area contributed by atoms with Gasteiger partial charge in [0.1, 0.15) is 5.75 Å². The maximum Gasteiger partial charge on any atom is 0.262 e. The van der Waals surface area contributed by atoms with E-state index in [4.69, 9.17) is 4.74 Å². The second-order valence-corrected chi connectivity index (χ2v) is 6.05. The second kappa shape index (κ2) is 7.83. The van der Waals surface area contributed by atoms with Crippen molar-refractivity contribution in [2.45, 2.75) is 26.3 Å². The first-order chi connectivity index (χ1) is 12.2. The van der Waals surface area contributed by atoms with E-state index >= 15 is 0 Å². The number of ether oxygens (including phenoxy) is 1. The molecular weight excluding hydrogens is 316 g/mol. The highest BCUT2D eigenvalue weighted by molar-refractivity contribution is 5.92. The zero-order valence-corrected chi connectivity index (χ0v) is 14.3. The van der Waals surface area contributed by atoms with Crippen molar-refractivity contribution in [3.05, 3.63) is 59.7 Å². The molecule has 130 valence electrons. The van der Waals surface area contributed by atoms with E-state index in [1.54, 1.807) is 0 Å². The molecule has 25 heavy (non-hydrogen) atoms. The summed E-state index contributed by atoms with van der Waals surface area (Å²) >= 11 is 0. The van der Waals surface area contributed by atoms with Gasteiger partial charge in [-0.2, -0.15) is 0 Å². The Kier molecular flexibility index (Phi) is 5.33. The number of carbonyl (C=O) groups excluding carboxylic acids is 2.